The molecule has 2 rings (SSSR count). The first-order valence-corrected chi connectivity index (χ1v) is 5.69. The number of hydrazine groups is 1. The zero-order valence-corrected chi connectivity index (χ0v) is 9.32. The SMILES string of the molecule is O=C(c1ccc(Br)s1)N1CCCN1. The van der Waals surface area contributed by atoms with Gasteiger partial charge in [0, 0.05) is 13.1 Å². The number of carbonyl (C=O) groups excluding carboxylic acids is 1. The first-order valence-electron chi connectivity index (χ1n) is 4.08. The molecule has 0 saturated carbocycles. The topological polar surface area (TPSA) is 32.3 Å². The summed E-state index contributed by atoms with van der Waals surface area (Å²) in [6, 6.07) is 3.74. The molecule has 2 heterocycles. The lowest BCUT2D eigenvalue weighted by molar-refractivity contribution is 0.0731. The van der Waals surface area contributed by atoms with E-state index in [4.69, 9.17) is 0 Å². The van der Waals surface area contributed by atoms with Crippen molar-refractivity contribution in [3.8, 4) is 0 Å². The maximum absolute atomic E-state index is 11.7. The normalized spacial score (nSPS) is 16.5. The number of halogens is 1. The van der Waals surface area contributed by atoms with Crippen LogP contribution >= 0.6 is 27.3 Å². The Bertz CT molecular complexity index is 320. The summed E-state index contributed by atoms with van der Waals surface area (Å²) >= 11 is 4.80. The van der Waals surface area contributed by atoms with Gasteiger partial charge < -0.3 is 0 Å². The van der Waals surface area contributed by atoms with Crippen LogP contribution in [0.3, 0.4) is 0 Å². The monoisotopic (exact) mass is 260 g/mol. The lowest BCUT2D eigenvalue weighted by atomic mass is 10.4. The average Bonchev–Trinajstić information content (AvgIpc) is 2.72. The molecule has 13 heavy (non-hydrogen) atoms. The number of hydrogen-bond acceptors (Lipinski definition) is 3. The van der Waals surface area contributed by atoms with Crippen molar-refractivity contribution in [3.05, 3.63) is 20.8 Å². The molecule has 0 bridgehead atoms. The Balaban J connectivity index is 2.12. The molecule has 1 saturated heterocycles. The predicted molar refractivity (Wildman–Crippen MR) is 55.7 cm³/mol. The number of nitrogens with zero attached hydrogens (tertiary/aromatic N) is 1. The molecule has 0 aromatic carbocycles. The first-order chi connectivity index (χ1) is 6.27. The van der Waals surface area contributed by atoms with Crippen molar-refractivity contribution in [3.63, 3.8) is 0 Å². The van der Waals surface area contributed by atoms with E-state index in [1.807, 2.05) is 12.1 Å². The van der Waals surface area contributed by atoms with Gasteiger partial charge in [-0.1, -0.05) is 0 Å². The van der Waals surface area contributed by atoms with Gasteiger partial charge in [0.2, 0.25) is 0 Å². The van der Waals surface area contributed by atoms with Gasteiger partial charge in [0.25, 0.3) is 5.91 Å². The van der Waals surface area contributed by atoms with Crippen LogP contribution < -0.4 is 5.43 Å². The van der Waals surface area contributed by atoms with Gasteiger partial charge >= 0.3 is 0 Å². The molecule has 0 atom stereocenters. The number of thiophene rings is 1. The van der Waals surface area contributed by atoms with Gasteiger partial charge in [-0.25, -0.2) is 5.43 Å². The van der Waals surface area contributed by atoms with Crippen LogP contribution in [-0.2, 0) is 0 Å². The molecule has 1 aliphatic heterocycles. The summed E-state index contributed by atoms with van der Waals surface area (Å²) in [6.07, 6.45) is 1.04. The Morgan fingerprint density at radius 2 is 2.46 bits per heavy atom. The standard InChI is InChI=1S/C8H9BrN2OS/c9-7-3-2-6(13-7)8(12)11-5-1-4-10-11/h2-3,10H,1,4-5H2. The molecule has 0 spiro atoms. The minimum atomic E-state index is 0.0770. The molecule has 1 aromatic rings. The van der Waals surface area contributed by atoms with E-state index < -0.39 is 0 Å². The van der Waals surface area contributed by atoms with Crippen LogP contribution in [-0.4, -0.2) is 24.0 Å². The van der Waals surface area contributed by atoms with Crippen molar-refractivity contribution in [2.75, 3.05) is 13.1 Å². The highest BCUT2D eigenvalue weighted by Crippen LogP contribution is 2.23. The Morgan fingerprint density at radius 1 is 1.62 bits per heavy atom. The molecule has 0 radical (unpaired) electrons. The summed E-state index contributed by atoms with van der Waals surface area (Å²) in [5, 5.41) is 1.68. The van der Waals surface area contributed by atoms with Crippen molar-refractivity contribution in [2.45, 2.75) is 6.42 Å². The average molecular weight is 261 g/mol. The minimum absolute atomic E-state index is 0.0770. The van der Waals surface area contributed by atoms with E-state index in [1.165, 1.54) is 11.3 Å². The zero-order chi connectivity index (χ0) is 9.26. The summed E-state index contributed by atoms with van der Waals surface area (Å²) in [7, 11) is 0. The van der Waals surface area contributed by atoms with Gasteiger partial charge in [-0.05, 0) is 34.5 Å². The highest BCUT2D eigenvalue weighted by atomic mass is 79.9. The Kier molecular flexibility index (Phi) is 2.66. The van der Waals surface area contributed by atoms with Crippen LogP contribution in [0.4, 0.5) is 0 Å². The van der Waals surface area contributed by atoms with Gasteiger partial charge in [-0.15, -0.1) is 11.3 Å². The number of hydrogen-bond donors (Lipinski definition) is 1. The van der Waals surface area contributed by atoms with Crippen molar-refractivity contribution in [2.24, 2.45) is 0 Å². The van der Waals surface area contributed by atoms with Crippen LogP contribution in [0, 0.1) is 0 Å². The summed E-state index contributed by atoms with van der Waals surface area (Å²) in [5.74, 6) is 0.0770. The number of nitrogens with one attached hydrogen (secondary N) is 1. The van der Waals surface area contributed by atoms with E-state index in [0.717, 1.165) is 28.2 Å². The number of carbonyl (C=O) groups is 1. The quantitative estimate of drug-likeness (QED) is 0.836. The number of rotatable bonds is 1. The molecule has 5 heteroatoms. The molecular formula is C8H9BrN2OS. The first kappa shape index (κ1) is 9.18. The van der Waals surface area contributed by atoms with Gasteiger partial charge in [-0.3, -0.25) is 9.80 Å². The van der Waals surface area contributed by atoms with E-state index in [1.54, 1.807) is 5.01 Å². The lowest BCUT2D eigenvalue weighted by Crippen LogP contribution is -2.36. The number of amides is 1. The Labute approximate surface area is 88.8 Å². The smallest absolute Gasteiger partial charge is 0.273 e. The molecule has 1 aromatic heterocycles. The van der Waals surface area contributed by atoms with E-state index >= 15 is 0 Å². The third-order valence-corrected chi connectivity index (χ3v) is 3.50. The van der Waals surface area contributed by atoms with Gasteiger partial charge in [0.1, 0.15) is 0 Å². The second kappa shape index (κ2) is 3.77. The van der Waals surface area contributed by atoms with Crippen LogP contribution in [0.1, 0.15) is 16.1 Å². The minimum Gasteiger partial charge on any atom is -0.273 e. The van der Waals surface area contributed by atoms with Crippen LogP contribution in [0.15, 0.2) is 15.9 Å². The van der Waals surface area contributed by atoms with Crippen molar-refractivity contribution >= 4 is 33.2 Å². The maximum atomic E-state index is 11.7. The molecule has 1 N–H and O–H groups in total. The molecule has 0 aliphatic carbocycles. The third kappa shape index (κ3) is 1.92. The second-order valence-electron chi connectivity index (χ2n) is 2.82. The lowest BCUT2D eigenvalue weighted by Gasteiger charge is -2.13. The fourth-order valence-electron chi connectivity index (χ4n) is 1.27. The van der Waals surface area contributed by atoms with Crippen molar-refractivity contribution < 1.29 is 4.79 Å². The predicted octanol–water partition coefficient (Wildman–Crippen LogP) is 1.86. The molecule has 0 unspecified atom stereocenters. The molecular weight excluding hydrogens is 252 g/mol. The van der Waals surface area contributed by atoms with E-state index in [-0.39, 0.29) is 5.91 Å². The van der Waals surface area contributed by atoms with Crippen LogP contribution in [0.25, 0.3) is 0 Å². The van der Waals surface area contributed by atoms with Crippen molar-refractivity contribution in [1.29, 1.82) is 0 Å². The van der Waals surface area contributed by atoms with Crippen molar-refractivity contribution in [1.82, 2.24) is 10.4 Å². The summed E-state index contributed by atoms with van der Waals surface area (Å²) in [4.78, 5) is 12.5. The maximum Gasteiger partial charge on any atom is 0.278 e. The molecule has 1 fully saturated rings. The highest BCUT2D eigenvalue weighted by Gasteiger charge is 2.20. The summed E-state index contributed by atoms with van der Waals surface area (Å²) in [5.41, 5.74) is 3.04. The second-order valence-corrected chi connectivity index (χ2v) is 5.29. The molecule has 3 nitrogen and oxygen atoms in total. The third-order valence-electron chi connectivity index (χ3n) is 1.89. The summed E-state index contributed by atoms with van der Waals surface area (Å²) < 4.78 is 0.995. The molecule has 1 aliphatic rings. The fourth-order valence-corrected chi connectivity index (χ4v) is 2.60. The van der Waals surface area contributed by atoms with E-state index in [0.29, 0.717) is 0 Å². The van der Waals surface area contributed by atoms with Gasteiger partial charge in [0.15, 0.2) is 0 Å². The Morgan fingerprint density at radius 3 is 3.00 bits per heavy atom. The van der Waals surface area contributed by atoms with Gasteiger partial charge in [-0.2, -0.15) is 0 Å². The Hall–Kier alpha value is -0.390. The van der Waals surface area contributed by atoms with Crippen LogP contribution in [0.5, 0.6) is 0 Å². The van der Waals surface area contributed by atoms with E-state index in [2.05, 4.69) is 21.4 Å². The largest absolute Gasteiger partial charge is 0.278 e. The molecule has 1 amide bonds. The summed E-state index contributed by atoms with van der Waals surface area (Å²) in [6.45, 7) is 1.71. The van der Waals surface area contributed by atoms with Crippen LogP contribution in [0.2, 0.25) is 0 Å². The highest BCUT2D eigenvalue weighted by molar-refractivity contribution is 9.11. The van der Waals surface area contributed by atoms with E-state index in [9.17, 15) is 4.79 Å². The van der Waals surface area contributed by atoms with Gasteiger partial charge in [0.05, 0.1) is 8.66 Å². The zero-order valence-electron chi connectivity index (χ0n) is 6.92. The molecule has 70 valence electrons. The fraction of sp³-hybridized carbons (Fsp3) is 0.375.